The van der Waals surface area contributed by atoms with Crippen molar-refractivity contribution in [3.8, 4) is 6.07 Å². The van der Waals surface area contributed by atoms with Gasteiger partial charge in [-0.1, -0.05) is 13.8 Å². The van der Waals surface area contributed by atoms with E-state index >= 15 is 0 Å². The first-order chi connectivity index (χ1) is 7.61. The van der Waals surface area contributed by atoms with Crippen LogP contribution in [0.2, 0.25) is 0 Å². The number of carbonyl (C=O) groups excluding carboxylic acids is 1. The third-order valence-electron chi connectivity index (χ3n) is 4.13. The van der Waals surface area contributed by atoms with Crippen molar-refractivity contribution < 1.29 is 4.79 Å². The molecule has 1 saturated heterocycles. The lowest BCUT2D eigenvalue weighted by atomic mass is 9.79. The second-order valence-electron chi connectivity index (χ2n) is 5.54. The lowest BCUT2D eigenvalue weighted by Crippen LogP contribution is -2.43. The van der Waals surface area contributed by atoms with Gasteiger partial charge in [-0.2, -0.15) is 5.26 Å². The zero-order valence-corrected chi connectivity index (χ0v) is 10.1. The summed E-state index contributed by atoms with van der Waals surface area (Å²) in [5.74, 6) is 1.50. The lowest BCUT2D eigenvalue weighted by Gasteiger charge is -2.38. The van der Waals surface area contributed by atoms with E-state index in [1.807, 2.05) is 4.90 Å². The Labute approximate surface area is 97.4 Å². The third kappa shape index (κ3) is 2.07. The summed E-state index contributed by atoms with van der Waals surface area (Å²) < 4.78 is 0. The van der Waals surface area contributed by atoms with Gasteiger partial charge in [0.25, 0.3) is 0 Å². The topological polar surface area (TPSA) is 44.1 Å². The van der Waals surface area contributed by atoms with Gasteiger partial charge in [0.15, 0.2) is 0 Å². The number of hydrogen-bond donors (Lipinski definition) is 0. The Bertz CT molecular complexity index is 320. The van der Waals surface area contributed by atoms with Crippen LogP contribution in [0, 0.1) is 29.1 Å². The quantitative estimate of drug-likeness (QED) is 0.680. The number of nitrogens with zero attached hydrogens (tertiary/aromatic N) is 2. The van der Waals surface area contributed by atoms with Crippen molar-refractivity contribution in [3.05, 3.63) is 0 Å². The van der Waals surface area contributed by atoms with E-state index in [2.05, 4.69) is 19.9 Å². The first-order valence-electron chi connectivity index (χ1n) is 6.31. The van der Waals surface area contributed by atoms with Gasteiger partial charge in [0.05, 0.1) is 12.0 Å². The number of likely N-dealkylation sites (tertiary alicyclic amines) is 1. The first kappa shape index (κ1) is 11.4. The highest BCUT2D eigenvalue weighted by Gasteiger charge is 2.38. The van der Waals surface area contributed by atoms with Crippen molar-refractivity contribution in [2.45, 2.75) is 45.6 Å². The van der Waals surface area contributed by atoms with E-state index in [0.29, 0.717) is 24.9 Å². The van der Waals surface area contributed by atoms with Gasteiger partial charge in [-0.05, 0) is 31.1 Å². The van der Waals surface area contributed by atoms with Crippen molar-refractivity contribution in [1.82, 2.24) is 4.90 Å². The maximum Gasteiger partial charge on any atom is 0.224 e. The van der Waals surface area contributed by atoms with E-state index < -0.39 is 0 Å². The minimum absolute atomic E-state index is 0.0703. The maximum absolute atomic E-state index is 11.8. The fourth-order valence-corrected chi connectivity index (χ4v) is 3.25. The molecule has 0 aromatic heterocycles. The molecule has 0 aromatic rings. The van der Waals surface area contributed by atoms with Crippen LogP contribution in [0.3, 0.4) is 0 Å². The van der Waals surface area contributed by atoms with Crippen LogP contribution in [0.4, 0.5) is 0 Å². The van der Waals surface area contributed by atoms with Crippen LogP contribution in [0.25, 0.3) is 0 Å². The molecule has 2 rings (SSSR count). The molecule has 1 saturated carbocycles. The smallest absolute Gasteiger partial charge is 0.224 e. The average Bonchev–Trinajstić information content (AvgIpc) is 2.60. The van der Waals surface area contributed by atoms with E-state index in [1.165, 1.54) is 12.8 Å². The van der Waals surface area contributed by atoms with Gasteiger partial charge in [-0.25, -0.2) is 0 Å². The molecule has 1 aliphatic heterocycles. The average molecular weight is 220 g/mol. The SMILES string of the molecule is CC1CCC(N2CC(C#N)CC2=O)C(C)C1. The first-order valence-corrected chi connectivity index (χ1v) is 6.31. The number of carbonyl (C=O) groups is 1. The van der Waals surface area contributed by atoms with Crippen LogP contribution < -0.4 is 0 Å². The molecule has 4 atom stereocenters. The zero-order valence-electron chi connectivity index (χ0n) is 10.1. The van der Waals surface area contributed by atoms with Gasteiger partial charge >= 0.3 is 0 Å². The highest BCUT2D eigenvalue weighted by Crippen LogP contribution is 2.34. The molecule has 3 heteroatoms. The van der Waals surface area contributed by atoms with Gasteiger partial charge in [0.1, 0.15) is 0 Å². The van der Waals surface area contributed by atoms with Gasteiger partial charge in [0, 0.05) is 19.0 Å². The Morgan fingerprint density at radius 1 is 1.38 bits per heavy atom. The Kier molecular flexibility index (Phi) is 3.18. The second-order valence-corrected chi connectivity index (χ2v) is 5.54. The predicted octanol–water partition coefficient (Wildman–Crippen LogP) is 2.18. The molecule has 1 aliphatic carbocycles. The summed E-state index contributed by atoms with van der Waals surface area (Å²) in [6.07, 6.45) is 3.99. The molecule has 3 nitrogen and oxygen atoms in total. The van der Waals surface area contributed by atoms with Crippen molar-refractivity contribution in [3.63, 3.8) is 0 Å². The Hall–Kier alpha value is -1.04. The van der Waals surface area contributed by atoms with Crippen molar-refractivity contribution in [2.24, 2.45) is 17.8 Å². The van der Waals surface area contributed by atoms with E-state index in [1.54, 1.807) is 0 Å². The Balaban J connectivity index is 2.03. The van der Waals surface area contributed by atoms with Crippen molar-refractivity contribution in [2.75, 3.05) is 6.54 Å². The molecule has 2 fully saturated rings. The number of hydrogen-bond acceptors (Lipinski definition) is 2. The van der Waals surface area contributed by atoms with Crippen LogP contribution in [-0.2, 0) is 4.79 Å². The molecule has 16 heavy (non-hydrogen) atoms. The van der Waals surface area contributed by atoms with Gasteiger partial charge in [-0.3, -0.25) is 4.79 Å². The second kappa shape index (κ2) is 4.45. The lowest BCUT2D eigenvalue weighted by molar-refractivity contribution is -0.131. The van der Waals surface area contributed by atoms with Crippen LogP contribution in [0.5, 0.6) is 0 Å². The van der Waals surface area contributed by atoms with Crippen molar-refractivity contribution in [1.29, 1.82) is 5.26 Å². The highest BCUT2D eigenvalue weighted by atomic mass is 16.2. The fourth-order valence-electron chi connectivity index (χ4n) is 3.25. The van der Waals surface area contributed by atoms with Gasteiger partial charge < -0.3 is 4.90 Å². The monoisotopic (exact) mass is 220 g/mol. The summed E-state index contributed by atoms with van der Waals surface area (Å²) >= 11 is 0. The zero-order chi connectivity index (χ0) is 11.7. The summed E-state index contributed by atoms with van der Waals surface area (Å²) in [4.78, 5) is 13.8. The number of rotatable bonds is 1. The molecule has 1 amide bonds. The van der Waals surface area contributed by atoms with Crippen LogP contribution in [-0.4, -0.2) is 23.4 Å². The van der Waals surface area contributed by atoms with Crippen LogP contribution in [0.1, 0.15) is 39.5 Å². The molecular formula is C13H20N2O. The molecule has 1 heterocycles. The van der Waals surface area contributed by atoms with E-state index in [4.69, 9.17) is 5.26 Å². The summed E-state index contributed by atoms with van der Waals surface area (Å²) in [5.41, 5.74) is 0. The molecular weight excluding hydrogens is 200 g/mol. The summed E-state index contributed by atoms with van der Waals surface area (Å²) in [5, 5.41) is 8.88. The minimum Gasteiger partial charge on any atom is -0.338 e. The summed E-state index contributed by atoms with van der Waals surface area (Å²) in [6, 6.07) is 2.62. The van der Waals surface area contributed by atoms with E-state index in [9.17, 15) is 4.79 Å². The van der Waals surface area contributed by atoms with Crippen molar-refractivity contribution >= 4 is 5.91 Å². The summed E-state index contributed by atoms with van der Waals surface area (Å²) in [6.45, 7) is 5.20. The minimum atomic E-state index is -0.0703. The Morgan fingerprint density at radius 2 is 2.12 bits per heavy atom. The molecule has 88 valence electrons. The van der Waals surface area contributed by atoms with E-state index in [-0.39, 0.29) is 11.8 Å². The van der Waals surface area contributed by atoms with E-state index in [0.717, 1.165) is 12.3 Å². The fraction of sp³-hybridized carbons (Fsp3) is 0.846. The predicted molar refractivity (Wildman–Crippen MR) is 61.4 cm³/mol. The Morgan fingerprint density at radius 3 is 2.69 bits per heavy atom. The number of nitriles is 1. The molecule has 0 aromatic carbocycles. The molecule has 4 unspecified atom stereocenters. The molecule has 0 radical (unpaired) electrons. The van der Waals surface area contributed by atoms with Gasteiger partial charge in [0.2, 0.25) is 5.91 Å². The highest BCUT2D eigenvalue weighted by molar-refractivity contribution is 5.79. The van der Waals surface area contributed by atoms with Gasteiger partial charge in [-0.15, -0.1) is 0 Å². The van der Waals surface area contributed by atoms with Crippen LogP contribution in [0.15, 0.2) is 0 Å². The van der Waals surface area contributed by atoms with Crippen LogP contribution >= 0.6 is 0 Å². The maximum atomic E-state index is 11.8. The molecule has 0 spiro atoms. The third-order valence-corrected chi connectivity index (χ3v) is 4.13. The standard InChI is InChI=1S/C13H20N2O/c1-9-3-4-12(10(2)5-9)15-8-11(7-14)6-13(15)16/h9-12H,3-6,8H2,1-2H3. The summed E-state index contributed by atoms with van der Waals surface area (Å²) in [7, 11) is 0. The largest absolute Gasteiger partial charge is 0.338 e. The number of amides is 1. The normalized spacial score (nSPS) is 39.8. The molecule has 0 bridgehead atoms. The molecule has 0 N–H and O–H groups in total. The molecule has 2 aliphatic rings.